The van der Waals surface area contributed by atoms with Crippen LogP contribution in [-0.2, 0) is 4.74 Å². The number of thioether (sulfide) groups is 1. The third kappa shape index (κ3) is 3.70. The van der Waals surface area contributed by atoms with Crippen LogP contribution < -0.4 is 4.90 Å². The maximum atomic E-state index is 14.6. The molecule has 1 N–H and O–H groups in total. The van der Waals surface area contributed by atoms with Gasteiger partial charge in [-0.2, -0.15) is 11.8 Å². The van der Waals surface area contributed by atoms with Crippen molar-refractivity contribution in [2.45, 2.75) is 6.23 Å². The minimum absolute atomic E-state index is 0.218. The van der Waals surface area contributed by atoms with Crippen LogP contribution >= 0.6 is 11.8 Å². The lowest BCUT2D eigenvalue weighted by atomic mass is 10.0. The van der Waals surface area contributed by atoms with Crippen molar-refractivity contribution < 1.29 is 19.0 Å². The molecule has 0 aliphatic carbocycles. The molecule has 1 amide bonds. The summed E-state index contributed by atoms with van der Waals surface area (Å²) in [6.07, 6.45) is 1.37. The van der Waals surface area contributed by atoms with Crippen LogP contribution in [0.3, 0.4) is 0 Å². The molecule has 27 heavy (non-hydrogen) atoms. The van der Waals surface area contributed by atoms with Gasteiger partial charge >= 0.3 is 6.09 Å². The van der Waals surface area contributed by atoms with Gasteiger partial charge in [-0.3, -0.25) is 4.90 Å². The lowest BCUT2D eigenvalue weighted by Crippen LogP contribution is -2.33. The number of anilines is 1. The van der Waals surface area contributed by atoms with Gasteiger partial charge in [-0.1, -0.05) is 12.1 Å². The summed E-state index contributed by atoms with van der Waals surface area (Å²) in [5, 5.41) is 10.3. The van der Waals surface area contributed by atoms with Crippen molar-refractivity contribution in [3.8, 4) is 11.1 Å². The smallest absolute Gasteiger partial charge is 0.412 e. The van der Waals surface area contributed by atoms with E-state index in [1.54, 1.807) is 24.5 Å². The van der Waals surface area contributed by atoms with Gasteiger partial charge in [-0.15, -0.1) is 0 Å². The van der Waals surface area contributed by atoms with Crippen molar-refractivity contribution in [3.05, 3.63) is 42.0 Å². The molecule has 2 aromatic rings. The van der Waals surface area contributed by atoms with E-state index < -0.39 is 18.1 Å². The summed E-state index contributed by atoms with van der Waals surface area (Å²) in [7, 11) is 0. The number of aliphatic hydroxyl groups is 1. The number of rotatable bonds is 4. The second-order valence-corrected chi connectivity index (χ2v) is 7.52. The fourth-order valence-electron chi connectivity index (χ4n) is 3.12. The number of amides is 1. The molecule has 1 aromatic carbocycles. The van der Waals surface area contributed by atoms with Gasteiger partial charge in [0, 0.05) is 53.7 Å². The Morgan fingerprint density at radius 3 is 2.56 bits per heavy atom. The molecular weight excluding hydrogens is 371 g/mol. The molecule has 7 nitrogen and oxygen atoms in total. The van der Waals surface area contributed by atoms with Crippen molar-refractivity contribution in [2.75, 3.05) is 42.6 Å². The average Bonchev–Trinajstić information content (AvgIpc) is 3.14. The Morgan fingerprint density at radius 2 is 1.93 bits per heavy atom. The van der Waals surface area contributed by atoms with Crippen molar-refractivity contribution in [1.29, 1.82) is 0 Å². The fraction of sp³-hybridized carbons (Fsp3) is 0.389. The highest BCUT2D eigenvalue weighted by atomic mass is 32.2. The molecule has 0 radical (unpaired) electrons. The molecule has 2 aliphatic heterocycles. The highest BCUT2D eigenvalue weighted by Crippen LogP contribution is 2.28. The van der Waals surface area contributed by atoms with Crippen molar-refractivity contribution in [3.63, 3.8) is 0 Å². The Morgan fingerprint density at radius 1 is 1.19 bits per heavy atom. The van der Waals surface area contributed by atoms with Crippen molar-refractivity contribution >= 4 is 23.8 Å². The molecule has 4 rings (SSSR count). The molecule has 1 atom stereocenters. The Balaban J connectivity index is 1.53. The van der Waals surface area contributed by atoms with Gasteiger partial charge in [0.15, 0.2) is 6.23 Å². The van der Waals surface area contributed by atoms with Crippen LogP contribution in [-0.4, -0.2) is 63.8 Å². The maximum Gasteiger partial charge on any atom is 0.412 e. The average molecular weight is 390 g/mol. The predicted octanol–water partition coefficient (Wildman–Crippen LogP) is 2.28. The lowest BCUT2D eigenvalue weighted by molar-refractivity contribution is 0.0362. The lowest BCUT2D eigenvalue weighted by Gasteiger charge is -2.26. The summed E-state index contributed by atoms with van der Waals surface area (Å²) in [5.41, 5.74) is 1.19. The van der Waals surface area contributed by atoms with E-state index in [9.17, 15) is 14.3 Å². The molecule has 0 bridgehead atoms. The third-order valence-corrected chi connectivity index (χ3v) is 5.56. The van der Waals surface area contributed by atoms with E-state index >= 15 is 0 Å². The van der Waals surface area contributed by atoms with Crippen LogP contribution in [0.2, 0.25) is 0 Å². The predicted molar refractivity (Wildman–Crippen MR) is 100.0 cm³/mol. The number of aliphatic hydroxyl groups excluding tert-OH is 1. The van der Waals surface area contributed by atoms with E-state index in [4.69, 9.17) is 4.74 Å². The summed E-state index contributed by atoms with van der Waals surface area (Å²) in [4.78, 5) is 23.6. The van der Waals surface area contributed by atoms with E-state index in [-0.39, 0.29) is 13.2 Å². The number of carbonyl (C=O) groups excluding carboxylic acids is 1. The van der Waals surface area contributed by atoms with Gasteiger partial charge in [0.05, 0.1) is 6.54 Å². The van der Waals surface area contributed by atoms with Gasteiger partial charge in [0.25, 0.3) is 0 Å². The zero-order valence-electron chi connectivity index (χ0n) is 14.5. The zero-order chi connectivity index (χ0) is 18.8. The topological polar surface area (TPSA) is 78.8 Å². The summed E-state index contributed by atoms with van der Waals surface area (Å²) < 4.78 is 19.4. The Bertz CT molecular complexity index is 830. The Labute approximate surface area is 160 Å². The second-order valence-electron chi connectivity index (χ2n) is 6.29. The summed E-state index contributed by atoms with van der Waals surface area (Å²) in [6.45, 7) is 2.30. The monoisotopic (exact) mass is 390 g/mol. The van der Waals surface area contributed by atoms with Crippen molar-refractivity contribution in [2.24, 2.45) is 0 Å². The van der Waals surface area contributed by atoms with E-state index in [0.29, 0.717) is 22.6 Å². The van der Waals surface area contributed by atoms with Crippen LogP contribution in [0, 0.1) is 5.82 Å². The number of ether oxygens (including phenoxy) is 1. The van der Waals surface area contributed by atoms with Gasteiger partial charge in [0.1, 0.15) is 12.4 Å². The molecule has 1 unspecified atom stereocenters. The zero-order valence-corrected chi connectivity index (χ0v) is 15.4. The minimum Gasteiger partial charge on any atom is -0.447 e. The summed E-state index contributed by atoms with van der Waals surface area (Å²) in [6, 6.07) is 4.37. The van der Waals surface area contributed by atoms with Crippen LogP contribution in [0.25, 0.3) is 11.1 Å². The van der Waals surface area contributed by atoms with Gasteiger partial charge in [-0.25, -0.2) is 19.2 Å². The molecular formula is C18H19FN4O3S. The molecule has 9 heteroatoms. The van der Waals surface area contributed by atoms with Crippen LogP contribution in [0.1, 0.15) is 11.8 Å². The van der Waals surface area contributed by atoms with Crippen LogP contribution in [0.5, 0.6) is 0 Å². The number of halogens is 1. The van der Waals surface area contributed by atoms with Gasteiger partial charge < -0.3 is 14.7 Å². The standard InChI is InChI=1S/C18H19FN4O3S/c19-15-9-12(16(24)23-3-6-26-18(23)25)1-2-14(15)13-10-20-17(21-11-13)22-4-7-27-8-5-22/h1-2,9-11,16,24H,3-8H2. The number of nitrogens with zero attached hydrogens (tertiary/aromatic N) is 4. The third-order valence-electron chi connectivity index (χ3n) is 4.62. The number of cyclic esters (lactones) is 1. The number of carbonyl (C=O) groups is 1. The van der Waals surface area contributed by atoms with Crippen molar-refractivity contribution in [1.82, 2.24) is 14.9 Å². The Kier molecular flexibility index (Phi) is 5.13. The van der Waals surface area contributed by atoms with Gasteiger partial charge in [0.2, 0.25) is 5.95 Å². The van der Waals surface area contributed by atoms with Crippen LogP contribution in [0.4, 0.5) is 15.1 Å². The summed E-state index contributed by atoms with van der Waals surface area (Å²) in [5.74, 6) is 2.24. The first-order chi connectivity index (χ1) is 13.1. The quantitative estimate of drug-likeness (QED) is 0.858. The molecule has 2 fully saturated rings. The van der Waals surface area contributed by atoms with E-state index in [2.05, 4.69) is 14.9 Å². The number of aromatic nitrogens is 2. The number of benzene rings is 1. The Hall–Kier alpha value is -2.39. The maximum absolute atomic E-state index is 14.6. The minimum atomic E-state index is -1.24. The fourth-order valence-corrected chi connectivity index (χ4v) is 4.02. The molecule has 3 heterocycles. The van der Waals surface area contributed by atoms with Gasteiger partial charge in [-0.05, 0) is 6.07 Å². The van der Waals surface area contributed by atoms with Crippen LogP contribution in [0.15, 0.2) is 30.6 Å². The largest absolute Gasteiger partial charge is 0.447 e. The highest BCUT2D eigenvalue weighted by Gasteiger charge is 2.29. The van der Waals surface area contributed by atoms with E-state index in [0.717, 1.165) is 29.5 Å². The first-order valence-electron chi connectivity index (χ1n) is 8.69. The second kappa shape index (κ2) is 7.69. The summed E-state index contributed by atoms with van der Waals surface area (Å²) >= 11 is 1.91. The molecule has 0 saturated carbocycles. The SMILES string of the molecule is O=C1OCCN1C(O)c1ccc(-c2cnc(N3CCSCC3)nc2)c(F)c1. The normalized spacial score (nSPS) is 18.5. The van der Waals surface area contributed by atoms with E-state index in [1.165, 1.54) is 6.07 Å². The molecule has 0 spiro atoms. The first kappa shape index (κ1) is 18.0. The molecule has 2 saturated heterocycles. The number of hydrogen-bond donors (Lipinski definition) is 1. The first-order valence-corrected chi connectivity index (χ1v) is 9.85. The molecule has 142 valence electrons. The van der Waals surface area contributed by atoms with E-state index in [1.807, 2.05) is 11.8 Å². The molecule has 1 aromatic heterocycles. The number of hydrogen-bond acceptors (Lipinski definition) is 7. The highest BCUT2D eigenvalue weighted by molar-refractivity contribution is 7.99. The molecule has 2 aliphatic rings.